The van der Waals surface area contributed by atoms with Gasteiger partial charge in [-0.25, -0.2) is 0 Å². The van der Waals surface area contributed by atoms with E-state index in [1.807, 2.05) is 0 Å². The van der Waals surface area contributed by atoms with Crippen LogP contribution < -0.4 is 5.32 Å². The maximum atomic E-state index is 10.5. The Kier molecular flexibility index (Phi) is 5.72. The molecule has 14 heavy (non-hydrogen) atoms. The van der Waals surface area contributed by atoms with Crippen LogP contribution in [0.1, 0.15) is 27.2 Å². The first-order valence-corrected chi connectivity index (χ1v) is 4.84. The van der Waals surface area contributed by atoms with Gasteiger partial charge in [-0.2, -0.15) is 0 Å². The lowest BCUT2D eigenvalue weighted by molar-refractivity contribution is -0.139. The highest BCUT2D eigenvalue weighted by atomic mass is 16.5. The van der Waals surface area contributed by atoms with Crippen molar-refractivity contribution >= 4 is 5.97 Å². The lowest BCUT2D eigenvalue weighted by atomic mass is 9.89. The van der Waals surface area contributed by atoms with Crippen molar-refractivity contribution in [3.8, 4) is 0 Å². The second-order valence-corrected chi connectivity index (χ2v) is 4.35. The predicted molar refractivity (Wildman–Crippen MR) is 55.4 cm³/mol. The molecule has 4 nitrogen and oxygen atoms in total. The van der Waals surface area contributed by atoms with Gasteiger partial charge < -0.3 is 15.2 Å². The van der Waals surface area contributed by atoms with Crippen molar-refractivity contribution in [2.24, 2.45) is 5.41 Å². The van der Waals surface area contributed by atoms with Gasteiger partial charge in [0, 0.05) is 20.3 Å². The van der Waals surface area contributed by atoms with Gasteiger partial charge in [0.05, 0.1) is 0 Å². The lowest BCUT2D eigenvalue weighted by Crippen LogP contribution is -2.40. The molecule has 0 heterocycles. The van der Waals surface area contributed by atoms with Gasteiger partial charge in [0.25, 0.3) is 0 Å². The number of carboxylic acids is 1. The summed E-state index contributed by atoms with van der Waals surface area (Å²) in [7, 11) is 1.67. The Balaban J connectivity index is 3.80. The molecule has 4 heteroatoms. The Morgan fingerprint density at radius 1 is 1.57 bits per heavy atom. The molecule has 0 aliphatic rings. The van der Waals surface area contributed by atoms with Crippen LogP contribution in [0.25, 0.3) is 0 Å². The van der Waals surface area contributed by atoms with Crippen molar-refractivity contribution in [3.05, 3.63) is 0 Å². The summed E-state index contributed by atoms with van der Waals surface area (Å²) in [5.74, 6) is -0.812. The second kappa shape index (κ2) is 5.98. The monoisotopic (exact) mass is 203 g/mol. The maximum absolute atomic E-state index is 10.5. The molecular formula is C10H21NO3. The Bertz CT molecular complexity index is 180. The van der Waals surface area contributed by atoms with Gasteiger partial charge in [0.15, 0.2) is 0 Å². The van der Waals surface area contributed by atoms with Gasteiger partial charge in [-0.3, -0.25) is 4.79 Å². The minimum atomic E-state index is -0.812. The first-order chi connectivity index (χ1) is 6.39. The molecule has 0 fully saturated rings. The first kappa shape index (κ1) is 13.4. The summed E-state index contributed by atoms with van der Waals surface area (Å²) in [5.41, 5.74) is 0.0692. The van der Waals surface area contributed by atoms with E-state index >= 15 is 0 Å². The molecule has 0 radical (unpaired) electrons. The number of ether oxygens (including phenoxy) is 1. The fourth-order valence-electron chi connectivity index (χ4n) is 0.983. The number of methoxy groups -OCH3 is 1. The molecule has 0 aromatic rings. The van der Waals surface area contributed by atoms with Crippen LogP contribution in [-0.4, -0.2) is 37.4 Å². The van der Waals surface area contributed by atoms with Gasteiger partial charge in [0.1, 0.15) is 6.04 Å². The molecule has 0 aliphatic heterocycles. The molecule has 0 saturated heterocycles. The van der Waals surface area contributed by atoms with Crippen molar-refractivity contribution in [2.75, 3.05) is 20.3 Å². The van der Waals surface area contributed by atoms with E-state index in [4.69, 9.17) is 9.84 Å². The largest absolute Gasteiger partial charge is 0.480 e. The number of rotatable bonds is 7. The van der Waals surface area contributed by atoms with Gasteiger partial charge in [0.2, 0.25) is 0 Å². The molecule has 0 spiro atoms. The number of nitrogens with one attached hydrogen (secondary N) is 1. The Morgan fingerprint density at radius 3 is 2.57 bits per heavy atom. The molecule has 2 N–H and O–H groups in total. The molecule has 0 aliphatic carbocycles. The molecular weight excluding hydrogens is 182 g/mol. The van der Waals surface area contributed by atoms with E-state index < -0.39 is 12.0 Å². The summed E-state index contributed by atoms with van der Waals surface area (Å²) in [6, 6.07) is -0.489. The number of carbonyl (C=O) groups is 1. The summed E-state index contributed by atoms with van der Waals surface area (Å²) in [4.78, 5) is 10.5. The molecule has 1 unspecified atom stereocenters. The van der Waals surface area contributed by atoms with E-state index in [-0.39, 0.29) is 5.41 Å². The van der Waals surface area contributed by atoms with Crippen molar-refractivity contribution in [2.45, 2.75) is 33.2 Å². The zero-order valence-corrected chi connectivity index (χ0v) is 9.46. The van der Waals surface area contributed by atoms with Crippen molar-refractivity contribution in [3.63, 3.8) is 0 Å². The Morgan fingerprint density at radius 2 is 2.14 bits per heavy atom. The highest BCUT2D eigenvalue weighted by Crippen LogP contribution is 2.18. The van der Waals surface area contributed by atoms with E-state index in [1.54, 1.807) is 14.0 Å². The minimum Gasteiger partial charge on any atom is -0.480 e. The fraction of sp³-hybridized carbons (Fsp3) is 0.900. The summed E-state index contributed by atoms with van der Waals surface area (Å²) in [6.45, 7) is 7.22. The van der Waals surface area contributed by atoms with Crippen LogP contribution in [0.2, 0.25) is 0 Å². The topological polar surface area (TPSA) is 58.6 Å². The SMILES string of the molecule is COCCC(C)(C)CNC(C)C(=O)O. The number of carboxylic acid groups (broad SMARTS) is 1. The van der Waals surface area contributed by atoms with Crippen LogP contribution in [-0.2, 0) is 9.53 Å². The van der Waals surface area contributed by atoms with E-state index in [2.05, 4.69) is 19.2 Å². The average Bonchev–Trinajstić information content (AvgIpc) is 2.11. The molecule has 0 saturated carbocycles. The second-order valence-electron chi connectivity index (χ2n) is 4.35. The lowest BCUT2D eigenvalue weighted by Gasteiger charge is -2.25. The van der Waals surface area contributed by atoms with Crippen molar-refractivity contribution < 1.29 is 14.6 Å². The summed E-state index contributed by atoms with van der Waals surface area (Å²) >= 11 is 0. The quantitative estimate of drug-likeness (QED) is 0.651. The van der Waals surface area contributed by atoms with Gasteiger partial charge in [-0.1, -0.05) is 13.8 Å². The normalized spacial score (nSPS) is 14.0. The van der Waals surface area contributed by atoms with Crippen LogP contribution in [0.5, 0.6) is 0 Å². The molecule has 0 aromatic heterocycles. The van der Waals surface area contributed by atoms with E-state index in [0.717, 1.165) is 6.42 Å². The predicted octanol–water partition coefficient (Wildman–Crippen LogP) is 1.11. The molecule has 0 amide bonds. The molecule has 0 rings (SSSR count). The number of hydrogen-bond acceptors (Lipinski definition) is 3. The fourth-order valence-corrected chi connectivity index (χ4v) is 0.983. The number of hydrogen-bond donors (Lipinski definition) is 2. The maximum Gasteiger partial charge on any atom is 0.320 e. The van der Waals surface area contributed by atoms with E-state index in [9.17, 15) is 4.79 Å². The third-order valence-electron chi connectivity index (χ3n) is 2.24. The third-order valence-corrected chi connectivity index (χ3v) is 2.24. The summed E-state index contributed by atoms with van der Waals surface area (Å²) in [6.07, 6.45) is 0.919. The van der Waals surface area contributed by atoms with E-state index in [0.29, 0.717) is 13.2 Å². The van der Waals surface area contributed by atoms with Gasteiger partial charge in [-0.15, -0.1) is 0 Å². The summed E-state index contributed by atoms with van der Waals surface area (Å²) in [5, 5.41) is 11.6. The average molecular weight is 203 g/mol. The van der Waals surface area contributed by atoms with E-state index in [1.165, 1.54) is 0 Å². The Labute approximate surface area is 85.6 Å². The van der Waals surface area contributed by atoms with Crippen LogP contribution in [0.3, 0.4) is 0 Å². The highest BCUT2D eigenvalue weighted by Gasteiger charge is 2.20. The van der Waals surface area contributed by atoms with Crippen molar-refractivity contribution in [1.82, 2.24) is 5.32 Å². The third kappa shape index (κ3) is 5.94. The van der Waals surface area contributed by atoms with Crippen LogP contribution in [0.4, 0.5) is 0 Å². The molecule has 84 valence electrons. The molecule has 0 aromatic carbocycles. The Hall–Kier alpha value is -0.610. The zero-order valence-electron chi connectivity index (χ0n) is 9.46. The smallest absolute Gasteiger partial charge is 0.320 e. The zero-order chi connectivity index (χ0) is 11.2. The molecule has 1 atom stereocenters. The van der Waals surface area contributed by atoms with Crippen LogP contribution in [0, 0.1) is 5.41 Å². The standard InChI is InChI=1S/C10H21NO3/c1-8(9(12)13)11-7-10(2,3)5-6-14-4/h8,11H,5-7H2,1-4H3,(H,12,13). The van der Waals surface area contributed by atoms with Gasteiger partial charge >= 0.3 is 5.97 Å². The van der Waals surface area contributed by atoms with Crippen LogP contribution in [0.15, 0.2) is 0 Å². The first-order valence-electron chi connectivity index (χ1n) is 4.84. The van der Waals surface area contributed by atoms with Crippen LogP contribution >= 0.6 is 0 Å². The van der Waals surface area contributed by atoms with Crippen molar-refractivity contribution in [1.29, 1.82) is 0 Å². The highest BCUT2D eigenvalue weighted by molar-refractivity contribution is 5.72. The number of aliphatic carboxylic acids is 1. The van der Waals surface area contributed by atoms with Gasteiger partial charge in [-0.05, 0) is 18.8 Å². The minimum absolute atomic E-state index is 0.0692. The molecule has 0 bridgehead atoms. The summed E-state index contributed by atoms with van der Waals surface area (Å²) < 4.78 is 4.99.